The molecule has 0 atom stereocenters. The van der Waals surface area contributed by atoms with Gasteiger partial charge in [0.25, 0.3) is 0 Å². The van der Waals surface area contributed by atoms with E-state index in [4.69, 9.17) is 26.4 Å². The summed E-state index contributed by atoms with van der Waals surface area (Å²) < 4.78 is 0. The molecule has 0 fully saturated rings. The van der Waals surface area contributed by atoms with Gasteiger partial charge in [-0.1, -0.05) is 151 Å². The molecule has 64 heavy (non-hydrogen) atoms. The van der Waals surface area contributed by atoms with E-state index in [1.807, 2.05) is 67.9 Å². The van der Waals surface area contributed by atoms with Crippen molar-refractivity contribution < 1.29 is 0 Å². The van der Waals surface area contributed by atoms with Crippen LogP contribution < -0.4 is 0 Å². The van der Waals surface area contributed by atoms with Crippen molar-refractivity contribution in [1.29, 1.82) is 0 Å². The van der Waals surface area contributed by atoms with Crippen molar-refractivity contribution in [2.24, 2.45) is 4.99 Å². The fourth-order valence-electron chi connectivity index (χ4n) is 8.23. The molecule has 0 radical (unpaired) electrons. The molecule has 0 N–H and O–H groups in total. The molecule has 1 aliphatic rings. The number of aliphatic imine (C=N–C) groups is 1. The van der Waals surface area contributed by atoms with E-state index in [9.17, 15) is 0 Å². The number of nitrogens with zero attached hydrogens (tertiary/aromatic N) is 6. The Bertz CT molecular complexity index is 3370. The molecular formula is C58H44N6. The quantitative estimate of drug-likeness (QED) is 0.0562. The van der Waals surface area contributed by atoms with E-state index in [1.54, 1.807) is 6.20 Å². The van der Waals surface area contributed by atoms with Crippen LogP contribution >= 0.6 is 0 Å². The zero-order chi connectivity index (χ0) is 43.8. The molecule has 0 saturated carbocycles. The van der Waals surface area contributed by atoms with Gasteiger partial charge < -0.3 is 0 Å². The van der Waals surface area contributed by atoms with Crippen LogP contribution in [0.15, 0.2) is 210 Å². The zero-order valence-electron chi connectivity index (χ0n) is 35.8. The molecule has 3 aromatic heterocycles. The first kappa shape index (κ1) is 41.0. The van der Waals surface area contributed by atoms with Gasteiger partial charge >= 0.3 is 0 Å². The zero-order valence-corrected chi connectivity index (χ0v) is 35.8. The highest BCUT2D eigenvalue weighted by molar-refractivity contribution is 6.04. The number of rotatable bonds is 11. The second kappa shape index (κ2) is 18.7. The van der Waals surface area contributed by atoms with Gasteiger partial charge in [-0.05, 0) is 95.5 Å². The third-order valence-electron chi connectivity index (χ3n) is 11.4. The van der Waals surface area contributed by atoms with Crippen LogP contribution in [0.2, 0.25) is 0 Å². The summed E-state index contributed by atoms with van der Waals surface area (Å²) in [6.07, 6.45) is 29.5. The summed E-state index contributed by atoms with van der Waals surface area (Å²) in [7, 11) is 0. The van der Waals surface area contributed by atoms with Crippen molar-refractivity contribution in [2.45, 2.75) is 26.7 Å². The first-order chi connectivity index (χ1) is 31.5. The molecule has 306 valence electrons. The number of benzene rings is 5. The molecule has 0 aliphatic heterocycles. The predicted molar refractivity (Wildman–Crippen MR) is 267 cm³/mol. The summed E-state index contributed by atoms with van der Waals surface area (Å²) in [4.78, 5) is 28.9. The average molecular weight is 825 g/mol. The van der Waals surface area contributed by atoms with Crippen molar-refractivity contribution in [1.82, 2.24) is 24.9 Å². The van der Waals surface area contributed by atoms with Crippen molar-refractivity contribution >= 4 is 50.4 Å². The molecule has 9 rings (SSSR count). The number of terminal acetylenes is 1. The third kappa shape index (κ3) is 8.56. The number of hydrogen-bond acceptors (Lipinski definition) is 6. The second-order valence-electron chi connectivity index (χ2n) is 15.6. The standard InChI is InChI=1S/C58H44N6/c1-5-7-23-49(48-37-46-31-30-41-22-15-33-60-54(41)55(46)61-38-48)45-20-11-21-47(36-45)57-62-56(42-18-9-8-10-19-42)63-58(64-57)53-27-13-25-51-50(24-12-26-52(51)53)44(16-6-2)35-43-29-28-40(34-39(43)3)17-14-32-59-4/h2,5,7-15,17-33,35-38H,4,16,34H2,1,3H3/b7-5-,32-14-,40-17-,44-35+,49-23+. The molecule has 0 bridgehead atoms. The number of allylic oxidation sites excluding steroid dienone is 12. The molecule has 0 unspecified atom stereocenters. The van der Waals surface area contributed by atoms with E-state index in [0.29, 0.717) is 23.9 Å². The van der Waals surface area contributed by atoms with Gasteiger partial charge in [-0.15, -0.1) is 12.3 Å². The van der Waals surface area contributed by atoms with Crippen LogP contribution in [-0.2, 0) is 0 Å². The highest BCUT2D eigenvalue weighted by Crippen LogP contribution is 2.37. The molecule has 0 saturated heterocycles. The summed E-state index contributed by atoms with van der Waals surface area (Å²) in [5.41, 5.74) is 13.2. The van der Waals surface area contributed by atoms with Crippen LogP contribution in [0.1, 0.15) is 43.4 Å². The molecule has 0 spiro atoms. The van der Waals surface area contributed by atoms with Crippen LogP contribution in [0, 0.1) is 12.3 Å². The van der Waals surface area contributed by atoms with Crippen LogP contribution in [0.3, 0.4) is 0 Å². The predicted octanol–water partition coefficient (Wildman–Crippen LogP) is 14.0. The van der Waals surface area contributed by atoms with E-state index in [0.717, 1.165) is 89.1 Å². The Labute approximate surface area is 374 Å². The Morgan fingerprint density at radius 3 is 2.33 bits per heavy atom. The molecule has 8 aromatic rings. The van der Waals surface area contributed by atoms with Crippen molar-refractivity contribution in [3.63, 3.8) is 0 Å². The Morgan fingerprint density at radius 1 is 0.734 bits per heavy atom. The lowest BCUT2D eigenvalue weighted by Gasteiger charge is -2.16. The monoisotopic (exact) mass is 824 g/mol. The summed E-state index contributed by atoms with van der Waals surface area (Å²) >= 11 is 0. The van der Waals surface area contributed by atoms with Gasteiger partial charge in [0.2, 0.25) is 0 Å². The lowest BCUT2D eigenvalue weighted by molar-refractivity contribution is 1.08. The summed E-state index contributed by atoms with van der Waals surface area (Å²) in [6.45, 7) is 7.72. The van der Waals surface area contributed by atoms with Crippen LogP contribution in [0.4, 0.5) is 0 Å². The average Bonchev–Trinajstić information content (AvgIpc) is 3.34. The van der Waals surface area contributed by atoms with Gasteiger partial charge in [-0.25, -0.2) is 15.0 Å². The summed E-state index contributed by atoms with van der Waals surface area (Å²) in [6, 6.07) is 41.6. The normalized spacial score (nSPS) is 14.1. The second-order valence-corrected chi connectivity index (χ2v) is 15.6. The SMILES string of the molecule is C#CC/C(=C\C1=C(C)C/C(=C\C=C/N=C)C=C1)c1cccc2c(-c3nc(-c4ccccc4)nc(-c4cccc(/C(=C\C=C/C)c5cnc6c(ccc7cccnc76)c5)c4)n3)cccc12. The smallest absolute Gasteiger partial charge is 0.164 e. The summed E-state index contributed by atoms with van der Waals surface area (Å²) in [5, 5.41) is 4.18. The maximum Gasteiger partial charge on any atom is 0.164 e. The maximum atomic E-state index is 6.04. The van der Waals surface area contributed by atoms with E-state index in [1.165, 1.54) is 11.1 Å². The van der Waals surface area contributed by atoms with Gasteiger partial charge in [0, 0.05) is 58.0 Å². The van der Waals surface area contributed by atoms with Crippen LogP contribution in [0.25, 0.3) is 77.9 Å². The fraction of sp³-hybridized carbons (Fsp3) is 0.0690. The highest BCUT2D eigenvalue weighted by Gasteiger charge is 2.18. The van der Waals surface area contributed by atoms with Gasteiger partial charge in [0.15, 0.2) is 17.5 Å². The van der Waals surface area contributed by atoms with Gasteiger partial charge in [-0.2, -0.15) is 0 Å². The van der Waals surface area contributed by atoms with E-state index >= 15 is 0 Å². The van der Waals surface area contributed by atoms with Gasteiger partial charge in [0.05, 0.1) is 11.0 Å². The van der Waals surface area contributed by atoms with E-state index in [-0.39, 0.29) is 0 Å². The van der Waals surface area contributed by atoms with Crippen molar-refractivity contribution in [3.8, 4) is 46.5 Å². The fourth-order valence-corrected chi connectivity index (χ4v) is 8.23. The minimum absolute atomic E-state index is 0.475. The molecular weight excluding hydrogens is 781 g/mol. The lowest BCUT2D eigenvalue weighted by atomic mass is 9.89. The first-order valence-electron chi connectivity index (χ1n) is 21.3. The Kier molecular flexibility index (Phi) is 12.0. The van der Waals surface area contributed by atoms with Crippen molar-refractivity contribution in [3.05, 3.63) is 222 Å². The largest absolute Gasteiger partial charge is 0.273 e. The Morgan fingerprint density at radius 2 is 1.50 bits per heavy atom. The highest BCUT2D eigenvalue weighted by atomic mass is 15.0. The number of fused-ring (bicyclic) bond motifs is 4. The van der Waals surface area contributed by atoms with Crippen LogP contribution in [0.5, 0.6) is 0 Å². The Hall–Kier alpha value is -8.40. The Balaban J connectivity index is 1.14. The van der Waals surface area contributed by atoms with Crippen LogP contribution in [-0.4, -0.2) is 31.6 Å². The van der Waals surface area contributed by atoms with E-state index < -0.39 is 0 Å². The van der Waals surface area contributed by atoms with Gasteiger partial charge in [-0.3, -0.25) is 15.0 Å². The summed E-state index contributed by atoms with van der Waals surface area (Å²) in [5.74, 6) is 4.67. The molecule has 0 amide bonds. The number of pyridine rings is 2. The molecule has 3 heterocycles. The molecule has 6 heteroatoms. The molecule has 5 aromatic carbocycles. The van der Waals surface area contributed by atoms with Crippen molar-refractivity contribution in [2.75, 3.05) is 0 Å². The third-order valence-corrected chi connectivity index (χ3v) is 11.4. The lowest BCUT2D eigenvalue weighted by Crippen LogP contribution is -2.01. The minimum Gasteiger partial charge on any atom is -0.273 e. The van der Waals surface area contributed by atoms with Gasteiger partial charge in [0.1, 0.15) is 0 Å². The number of hydrogen-bond donors (Lipinski definition) is 0. The van der Waals surface area contributed by atoms with E-state index in [2.05, 4.69) is 151 Å². The molecule has 1 aliphatic carbocycles. The first-order valence-corrected chi connectivity index (χ1v) is 21.3. The number of aromatic nitrogens is 5. The molecule has 6 nitrogen and oxygen atoms in total. The maximum absolute atomic E-state index is 6.04. The topological polar surface area (TPSA) is 76.8 Å². The minimum atomic E-state index is 0.475.